The lowest BCUT2D eigenvalue weighted by Crippen LogP contribution is -2.21. The summed E-state index contributed by atoms with van der Waals surface area (Å²) < 4.78 is 10.6. The lowest BCUT2D eigenvalue weighted by atomic mass is 10.0. The second-order valence-corrected chi connectivity index (χ2v) is 4.41. The normalized spacial score (nSPS) is 29.4. The molecule has 0 aliphatic carbocycles. The van der Waals surface area contributed by atoms with Crippen LogP contribution in [0.2, 0.25) is 0 Å². The molecule has 1 fully saturated rings. The zero-order valence-electron chi connectivity index (χ0n) is 8.29. The van der Waals surface area contributed by atoms with E-state index in [9.17, 15) is 0 Å². The maximum Gasteiger partial charge on any atom is 0.244 e. The van der Waals surface area contributed by atoms with Crippen LogP contribution >= 0.6 is 11.6 Å². The lowest BCUT2D eigenvalue weighted by molar-refractivity contribution is 0.00768. The second-order valence-electron chi connectivity index (χ2n) is 3.76. The molecular weight excluding hydrogens is 204 g/mol. The van der Waals surface area contributed by atoms with Gasteiger partial charge in [0, 0.05) is 6.61 Å². The highest BCUT2D eigenvalue weighted by atomic mass is 35.5. The van der Waals surface area contributed by atoms with Gasteiger partial charge in [-0.1, -0.05) is 5.16 Å². The number of nitrogens with zero attached hydrogens (tertiary/aromatic N) is 2. The van der Waals surface area contributed by atoms with Gasteiger partial charge in [0.2, 0.25) is 11.7 Å². The Morgan fingerprint density at radius 3 is 2.86 bits per heavy atom. The van der Waals surface area contributed by atoms with E-state index in [1.165, 1.54) is 0 Å². The summed E-state index contributed by atoms with van der Waals surface area (Å²) in [6.07, 6.45) is 1.97. The SMILES string of the molecule is CC(Cl)c1nc(C2(C)CCCO2)no1. The molecule has 1 aromatic heterocycles. The van der Waals surface area contributed by atoms with Crippen LogP contribution in [0.5, 0.6) is 0 Å². The van der Waals surface area contributed by atoms with Crippen molar-refractivity contribution in [2.75, 3.05) is 6.61 Å². The zero-order chi connectivity index (χ0) is 10.2. The molecule has 1 saturated heterocycles. The molecule has 0 amide bonds. The zero-order valence-corrected chi connectivity index (χ0v) is 9.04. The Balaban J connectivity index is 2.23. The third-order valence-corrected chi connectivity index (χ3v) is 2.66. The van der Waals surface area contributed by atoms with Crippen LogP contribution in [0.4, 0.5) is 0 Å². The molecule has 5 heteroatoms. The Hall–Kier alpha value is -0.610. The van der Waals surface area contributed by atoms with Crippen molar-refractivity contribution in [2.45, 2.75) is 37.7 Å². The predicted molar refractivity (Wildman–Crippen MR) is 51.1 cm³/mol. The minimum absolute atomic E-state index is 0.249. The van der Waals surface area contributed by atoms with Crippen molar-refractivity contribution in [3.63, 3.8) is 0 Å². The van der Waals surface area contributed by atoms with Crippen molar-refractivity contribution in [3.8, 4) is 0 Å². The van der Waals surface area contributed by atoms with E-state index in [4.69, 9.17) is 20.9 Å². The highest BCUT2D eigenvalue weighted by Crippen LogP contribution is 2.34. The van der Waals surface area contributed by atoms with Gasteiger partial charge in [-0.25, -0.2) is 0 Å². The molecule has 1 aliphatic heterocycles. The molecule has 14 heavy (non-hydrogen) atoms. The van der Waals surface area contributed by atoms with Crippen LogP contribution < -0.4 is 0 Å². The fourth-order valence-corrected chi connectivity index (χ4v) is 1.66. The van der Waals surface area contributed by atoms with E-state index < -0.39 is 0 Å². The summed E-state index contributed by atoms with van der Waals surface area (Å²) in [5.41, 5.74) is -0.381. The second kappa shape index (κ2) is 3.51. The Labute approximate surface area is 87.6 Å². The number of aromatic nitrogens is 2. The molecule has 0 saturated carbocycles. The molecule has 1 aliphatic rings. The summed E-state index contributed by atoms with van der Waals surface area (Å²) in [5.74, 6) is 1.07. The highest BCUT2D eigenvalue weighted by molar-refractivity contribution is 6.20. The quantitative estimate of drug-likeness (QED) is 0.713. The van der Waals surface area contributed by atoms with Gasteiger partial charge < -0.3 is 9.26 Å². The third kappa shape index (κ3) is 1.64. The summed E-state index contributed by atoms with van der Waals surface area (Å²) in [4.78, 5) is 4.23. The minimum atomic E-state index is -0.381. The standard InChI is InChI=1S/C9H13ClN2O2/c1-6(10)7-11-8(12-14-7)9(2)4-3-5-13-9/h6H,3-5H2,1-2H3. The first kappa shape index (κ1) is 9.93. The summed E-state index contributed by atoms with van der Waals surface area (Å²) in [6.45, 7) is 4.54. The molecule has 78 valence electrons. The maximum atomic E-state index is 5.83. The van der Waals surface area contributed by atoms with Gasteiger partial charge in [-0.2, -0.15) is 4.98 Å². The lowest BCUT2D eigenvalue weighted by Gasteiger charge is -2.17. The smallest absolute Gasteiger partial charge is 0.244 e. The van der Waals surface area contributed by atoms with Gasteiger partial charge in [0.05, 0.1) is 0 Å². The van der Waals surface area contributed by atoms with Gasteiger partial charge in [0.15, 0.2) is 0 Å². The molecule has 0 radical (unpaired) electrons. The topological polar surface area (TPSA) is 48.2 Å². The van der Waals surface area contributed by atoms with Crippen molar-refractivity contribution in [2.24, 2.45) is 0 Å². The molecule has 2 atom stereocenters. The van der Waals surface area contributed by atoms with Crippen molar-refractivity contribution in [1.82, 2.24) is 10.1 Å². The summed E-state index contributed by atoms with van der Waals surface area (Å²) in [7, 11) is 0. The van der Waals surface area contributed by atoms with Crippen molar-refractivity contribution >= 4 is 11.6 Å². The van der Waals surface area contributed by atoms with Crippen LogP contribution in [0.15, 0.2) is 4.52 Å². The van der Waals surface area contributed by atoms with Crippen LogP contribution in [0, 0.1) is 0 Å². The molecule has 2 rings (SSSR count). The Kier molecular flexibility index (Phi) is 2.49. The molecular formula is C9H13ClN2O2. The molecule has 1 aromatic rings. The molecule has 0 spiro atoms. The first-order valence-electron chi connectivity index (χ1n) is 4.74. The van der Waals surface area contributed by atoms with Crippen LogP contribution in [0.1, 0.15) is 43.8 Å². The van der Waals surface area contributed by atoms with Crippen LogP contribution in [-0.2, 0) is 10.3 Å². The van der Waals surface area contributed by atoms with E-state index in [-0.39, 0.29) is 11.0 Å². The number of rotatable bonds is 2. The molecule has 2 heterocycles. The summed E-state index contributed by atoms with van der Waals surface area (Å²) >= 11 is 5.83. The van der Waals surface area contributed by atoms with E-state index in [2.05, 4.69) is 10.1 Å². The monoisotopic (exact) mass is 216 g/mol. The molecule has 2 unspecified atom stereocenters. The maximum absolute atomic E-state index is 5.83. The summed E-state index contributed by atoms with van der Waals surface area (Å²) in [5, 5.41) is 3.65. The van der Waals surface area contributed by atoms with E-state index in [1.807, 2.05) is 6.92 Å². The number of ether oxygens (including phenoxy) is 1. The average molecular weight is 217 g/mol. The van der Waals surface area contributed by atoms with E-state index in [0.717, 1.165) is 19.4 Å². The van der Waals surface area contributed by atoms with E-state index in [0.29, 0.717) is 11.7 Å². The van der Waals surface area contributed by atoms with Crippen molar-refractivity contribution < 1.29 is 9.26 Å². The van der Waals surface area contributed by atoms with E-state index >= 15 is 0 Å². The Bertz CT molecular complexity index is 318. The van der Waals surface area contributed by atoms with E-state index in [1.54, 1.807) is 6.92 Å². The number of alkyl halides is 1. The number of hydrogen-bond donors (Lipinski definition) is 0. The predicted octanol–water partition coefficient (Wildman–Crippen LogP) is 2.40. The fraction of sp³-hybridized carbons (Fsp3) is 0.778. The first-order valence-corrected chi connectivity index (χ1v) is 5.17. The Morgan fingerprint density at radius 1 is 1.57 bits per heavy atom. The molecule has 0 N–H and O–H groups in total. The van der Waals surface area contributed by atoms with Gasteiger partial charge in [-0.05, 0) is 26.7 Å². The van der Waals surface area contributed by atoms with Crippen LogP contribution in [-0.4, -0.2) is 16.7 Å². The average Bonchev–Trinajstić information content (AvgIpc) is 2.71. The van der Waals surface area contributed by atoms with Gasteiger partial charge in [0.1, 0.15) is 11.0 Å². The van der Waals surface area contributed by atoms with Gasteiger partial charge in [-0.3, -0.25) is 0 Å². The van der Waals surface area contributed by atoms with Gasteiger partial charge >= 0.3 is 0 Å². The van der Waals surface area contributed by atoms with Gasteiger partial charge in [-0.15, -0.1) is 11.6 Å². The van der Waals surface area contributed by atoms with Crippen molar-refractivity contribution in [3.05, 3.63) is 11.7 Å². The molecule has 4 nitrogen and oxygen atoms in total. The molecule has 0 bridgehead atoms. The Morgan fingerprint density at radius 2 is 2.36 bits per heavy atom. The van der Waals surface area contributed by atoms with Crippen molar-refractivity contribution in [1.29, 1.82) is 0 Å². The largest absolute Gasteiger partial charge is 0.367 e. The van der Waals surface area contributed by atoms with Crippen LogP contribution in [0.25, 0.3) is 0 Å². The third-order valence-electron chi connectivity index (χ3n) is 2.47. The minimum Gasteiger partial charge on any atom is -0.367 e. The first-order chi connectivity index (χ1) is 6.62. The summed E-state index contributed by atoms with van der Waals surface area (Å²) in [6, 6.07) is 0. The fourth-order valence-electron chi connectivity index (χ4n) is 1.57. The number of halogens is 1. The molecule has 0 aromatic carbocycles. The van der Waals surface area contributed by atoms with Crippen LogP contribution in [0.3, 0.4) is 0 Å². The number of hydrogen-bond acceptors (Lipinski definition) is 4. The highest BCUT2D eigenvalue weighted by Gasteiger charge is 2.36. The van der Waals surface area contributed by atoms with Gasteiger partial charge in [0.25, 0.3) is 0 Å².